The van der Waals surface area contributed by atoms with E-state index in [0.29, 0.717) is 0 Å². The molecule has 1 atom stereocenters. The molecule has 5 heteroatoms. The van der Waals surface area contributed by atoms with Gasteiger partial charge in [-0.2, -0.15) is 0 Å². The second-order valence-electron chi connectivity index (χ2n) is 3.00. The number of allylic oxidation sites excluding steroid dienone is 1. The highest BCUT2D eigenvalue weighted by atomic mass is 79.9. The lowest BCUT2D eigenvalue weighted by Gasteiger charge is -1.97. The first kappa shape index (κ1) is 12.2. The van der Waals surface area contributed by atoms with Gasteiger partial charge in [-0.15, -0.1) is 0 Å². The number of nitrogens with zero attached hydrogens (tertiary/aromatic N) is 1. The highest BCUT2D eigenvalue weighted by Gasteiger charge is 2.11. The van der Waals surface area contributed by atoms with Crippen LogP contribution < -0.4 is 0 Å². The predicted molar refractivity (Wildman–Crippen MR) is 65.5 cm³/mol. The molecule has 0 aliphatic rings. The van der Waals surface area contributed by atoms with E-state index in [-0.39, 0.29) is 15.5 Å². The van der Waals surface area contributed by atoms with Gasteiger partial charge in [-0.3, -0.25) is 10.1 Å². The summed E-state index contributed by atoms with van der Waals surface area (Å²) >= 11 is 9.03. The Morgan fingerprint density at radius 2 is 2.27 bits per heavy atom. The van der Waals surface area contributed by atoms with Crippen LogP contribution in [0, 0.1) is 10.1 Å². The van der Waals surface area contributed by atoms with E-state index in [1.165, 1.54) is 12.1 Å². The number of nitro benzene ring substituents is 1. The lowest BCUT2D eigenvalue weighted by atomic mass is 10.2. The molecule has 0 aliphatic heterocycles. The molecule has 0 bridgehead atoms. The molecule has 0 saturated heterocycles. The summed E-state index contributed by atoms with van der Waals surface area (Å²) in [6, 6.07) is 4.72. The fraction of sp³-hybridized carbons (Fsp3) is 0.200. The second kappa shape index (κ2) is 5.28. The van der Waals surface area contributed by atoms with Crippen molar-refractivity contribution in [3.63, 3.8) is 0 Å². The number of benzene rings is 1. The summed E-state index contributed by atoms with van der Waals surface area (Å²) in [6.07, 6.45) is 3.70. The van der Waals surface area contributed by atoms with Crippen LogP contribution in [0.2, 0.25) is 5.02 Å². The van der Waals surface area contributed by atoms with E-state index in [2.05, 4.69) is 15.9 Å². The quantitative estimate of drug-likeness (QED) is 0.479. The molecule has 1 unspecified atom stereocenters. The number of hydrogen-bond donors (Lipinski definition) is 0. The molecule has 0 spiro atoms. The van der Waals surface area contributed by atoms with Gasteiger partial charge in [-0.1, -0.05) is 45.7 Å². The van der Waals surface area contributed by atoms with Crippen LogP contribution in [0.5, 0.6) is 0 Å². The van der Waals surface area contributed by atoms with Crippen molar-refractivity contribution in [3.8, 4) is 0 Å². The molecule has 0 aliphatic carbocycles. The Morgan fingerprint density at radius 1 is 1.60 bits per heavy atom. The molecule has 0 heterocycles. The van der Waals surface area contributed by atoms with Gasteiger partial charge in [0.2, 0.25) is 0 Å². The Labute approximate surface area is 101 Å². The van der Waals surface area contributed by atoms with Crippen molar-refractivity contribution in [2.45, 2.75) is 11.8 Å². The molecule has 0 radical (unpaired) electrons. The van der Waals surface area contributed by atoms with E-state index in [4.69, 9.17) is 11.6 Å². The molecule has 1 aromatic carbocycles. The lowest BCUT2D eigenvalue weighted by molar-refractivity contribution is -0.384. The number of alkyl halides is 1. The van der Waals surface area contributed by atoms with E-state index in [1.54, 1.807) is 6.07 Å². The second-order valence-corrected chi connectivity index (χ2v) is 4.86. The molecule has 80 valence electrons. The molecule has 0 fully saturated rings. The van der Waals surface area contributed by atoms with Crippen molar-refractivity contribution >= 4 is 39.3 Å². The molecule has 0 aromatic heterocycles. The van der Waals surface area contributed by atoms with Crippen molar-refractivity contribution in [2.24, 2.45) is 0 Å². The first-order chi connectivity index (χ1) is 7.00. The number of hydrogen-bond acceptors (Lipinski definition) is 2. The monoisotopic (exact) mass is 289 g/mol. The third-order valence-corrected chi connectivity index (χ3v) is 2.35. The minimum atomic E-state index is -0.489. The minimum absolute atomic E-state index is 0.0685. The third kappa shape index (κ3) is 3.64. The first-order valence-electron chi connectivity index (χ1n) is 4.27. The van der Waals surface area contributed by atoms with Crippen LogP contribution in [0.15, 0.2) is 24.3 Å². The number of halogens is 2. The predicted octanol–water partition coefficient (Wildman–Crippen LogP) is 4.04. The maximum Gasteiger partial charge on any atom is 0.288 e. The first-order valence-corrected chi connectivity index (χ1v) is 5.56. The maximum absolute atomic E-state index is 10.6. The molecular weight excluding hydrogens is 281 g/mol. The van der Waals surface area contributed by atoms with Crippen LogP contribution in [-0.2, 0) is 0 Å². The van der Waals surface area contributed by atoms with Crippen molar-refractivity contribution < 1.29 is 4.92 Å². The van der Waals surface area contributed by atoms with Gasteiger partial charge >= 0.3 is 0 Å². The summed E-state index contributed by atoms with van der Waals surface area (Å²) in [5.74, 6) is 0. The molecule has 1 aromatic rings. The van der Waals surface area contributed by atoms with Crippen molar-refractivity contribution in [2.75, 3.05) is 0 Å². The van der Waals surface area contributed by atoms with Crippen LogP contribution in [0.25, 0.3) is 6.08 Å². The van der Waals surface area contributed by atoms with Crippen LogP contribution in [0.3, 0.4) is 0 Å². The standard InChI is InChI=1S/C10H9BrClNO2/c1-7(11)2-3-8-4-5-9(12)10(6-8)13(14)15/h2-7H,1H3/b3-2+. The zero-order chi connectivity index (χ0) is 11.4. The van der Waals surface area contributed by atoms with Gasteiger partial charge in [0.05, 0.1) is 4.92 Å². The fourth-order valence-corrected chi connectivity index (χ4v) is 1.36. The maximum atomic E-state index is 10.6. The molecule has 0 amide bonds. The van der Waals surface area contributed by atoms with Crippen LogP contribution in [-0.4, -0.2) is 9.75 Å². The molecular formula is C10H9BrClNO2. The van der Waals surface area contributed by atoms with Gasteiger partial charge < -0.3 is 0 Å². The van der Waals surface area contributed by atoms with Gasteiger partial charge in [0, 0.05) is 10.9 Å². The van der Waals surface area contributed by atoms with E-state index >= 15 is 0 Å². The lowest BCUT2D eigenvalue weighted by Crippen LogP contribution is -1.89. The Bertz CT molecular complexity index is 404. The topological polar surface area (TPSA) is 43.1 Å². The highest BCUT2D eigenvalue weighted by Crippen LogP contribution is 2.25. The van der Waals surface area contributed by atoms with Crippen molar-refractivity contribution in [1.29, 1.82) is 0 Å². The molecule has 0 N–H and O–H groups in total. The van der Waals surface area contributed by atoms with Crippen molar-refractivity contribution in [1.82, 2.24) is 0 Å². The van der Waals surface area contributed by atoms with Crippen LogP contribution in [0.4, 0.5) is 5.69 Å². The third-order valence-electron chi connectivity index (χ3n) is 1.72. The van der Waals surface area contributed by atoms with Crippen LogP contribution in [0.1, 0.15) is 12.5 Å². The number of rotatable bonds is 3. The smallest absolute Gasteiger partial charge is 0.258 e. The molecule has 1 rings (SSSR count). The average molecular weight is 291 g/mol. The zero-order valence-electron chi connectivity index (χ0n) is 7.98. The molecule has 0 saturated carbocycles. The van der Waals surface area contributed by atoms with Gasteiger partial charge in [-0.05, 0) is 18.6 Å². The molecule has 3 nitrogen and oxygen atoms in total. The Hall–Kier alpha value is -0.870. The van der Waals surface area contributed by atoms with E-state index in [1.807, 2.05) is 19.1 Å². The zero-order valence-corrected chi connectivity index (χ0v) is 10.3. The van der Waals surface area contributed by atoms with Crippen molar-refractivity contribution in [3.05, 3.63) is 45.0 Å². The van der Waals surface area contributed by atoms with Gasteiger partial charge in [0.1, 0.15) is 5.02 Å². The molecule has 15 heavy (non-hydrogen) atoms. The Kier molecular flexibility index (Phi) is 4.29. The Balaban J connectivity index is 3.03. The summed E-state index contributed by atoms with van der Waals surface area (Å²) < 4.78 is 0. The summed E-state index contributed by atoms with van der Waals surface area (Å²) in [6.45, 7) is 1.96. The average Bonchev–Trinajstić information content (AvgIpc) is 2.16. The van der Waals surface area contributed by atoms with E-state index < -0.39 is 4.92 Å². The summed E-state index contributed by atoms with van der Waals surface area (Å²) in [5, 5.41) is 10.8. The summed E-state index contributed by atoms with van der Waals surface area (Å²) in [4.78, 5) is 10.3. The van der Waals surface area contributed by atoms with Gasteiger partial charge in [-0.25, -0.2) is 0 Å². The largest absolute Gasteiger partial charge is 0.288 e. The summed E-state index contributed by atoms with van der Waals surface area (Å²) in [7, 11) is 0. The highest BCUT2D eigenvalue weighted by molar-refractivity contribution is 9.09. The SMILES string of the molecule is CC(Br)/C=C/c1ccc(Cl)c([N+](=O)[O-])c1. The minimum Gasteiger partial charge on any atom is -0.258 e. The Morgan fingerprint density at radius 3 is 2.80 bits per heavy atom. The normalized spacial score (nSPS) is 13.0. The summed E-state index contributed by atoms with van der Waals surface area (Å²) in [5.41, 5.74) is 0.693. The van der Waals surface area contributed by atoms with Crippen LogP contribution >= 0.6 is 27.5 Å². The van der Waals surface area contributed by atoms with Gasteiger partial charge in [0.25, 0.3) is 5.69 Å². The number of nitro groups is 1. The fourth-order valence-electron chi connectivity index (χ4n) is 1.02. The van der Waals surface area contributed by atoms with E-state index in [0.717, 1.165) is 5.56 Å². The van der Waals surface area contributed by atoms with E-state index in [9.17, 15) is 10.1 Å². The van der Waals surface area contributed by atoms with Gasteiger partial charge in [0.15, 0.2) is 0 Å².